The molecule has 3 atom stereocenters. The molecule has 16 nitrogen and oxygen atoms in total. The largest absolute Gasteiger partial charge is 0.489 e. The lowest BCUT2D eigenvalue weighted by atomic mass is 9.70. The summed E-state index contributed by atoms with van der Waals surface area (Å²) in [5.41, 5.74) is 2.69. The summed E-state index contributed by atoms with van der Waals surface area (Å²) in [6.07, 6.45) is 9.29. The number of amides is 1. The summed E-state index contributed by atoms with van der Waals surface area (Å²) >= 11 is 0. The van der Waals surface area contributed by atoms with Crippen molar-refractivity contribution in [1.82, 2.24) is 19.6 Å². The summed E-state index contributed by atoms with van der Waals surface area (Å²) in [7, 11) is -3.38. The van der Waals surface area contributed by atoms with Crippen molar-refractivity contribution >= 4 is 44.0 Å². The number of nitro benzene ring substituents is 1. The predicted octanol–water partition coefficient (Wildman–Crippen LogP) is 9.01. The van der Waals surface area contributed by atoms with Crippen molar-refractivity contribution in [3.63, 3.8) is 0 Å². The van der Waals surface area contributed by atoms with Gasteiger partial charge in [0.25, 0.3) is 27.5 Å². The second kappa shape index (κ2) is 18.1. The SMILES string of the molecule is COc1nc2[nH]cc(F)c2cc1Oc1cc(N2CCC3(CC2)CN([C@H]2CCC[C@H]2c2ccccc2C(C)C)C3)ccc1C(=O)NS(=O)(=O)c1cc2c(c([N+](=O)[O-])c1)N[C@@H]([C@H]1CC[C@](C)(O)CC1)CO2. The van der Waals surface area contributed by atoms with E-state index in [-0.39, 0.29) is 69.4 Å². The van der Waals surface area contributed by atoms with Crippen LogP contribution in [0.15, 0.2) is 71.8 Å². The molecular weight excluding hydrogens is 906 g/mol. The molecule has 2 aromatic heterocycles. The van der Waals surface area contributed by atoms with Crippen molar-refractivity contribution in [1.29, 1.82) is 0 Å². The van der Waals surface area contributed by atoms with Crippen LogP contribution < -0.4 is 29.1 Å². The van der Waals surface area contributed by atoms with Crippen LogP contribution in [0.25, 0.3) is 11.0 Å². The normalized spacial score (nSPS) is 24.6. The third kappa shape index (κ3) is 9.06. The Labute approximate surface area is 401 Å². The summed E-state index contributed by atoms with van der Waals surface area (Å²) in [6.45, 7) is 10.1. The molecule has 5 aliphatic rings. The lowest BCUT2D eigenvalue weighted by Gasteiger charge is -2.57. The number of carbonyl (C=O) groups is 1. The average Bonchev–Trinajstić information content (AvgIpc) is 3.96. The van der Waals surface area contributed by atoms with Gasteiger partial charge in [-0.25, -0.2) is 17.5 Å². The number of hydrogen-bond donors (Lipinski definition) is 4. The van der Waals surface area contributed by atoms with Gasteiger partial charge in [0, 0.05) is 68.4 Å². The number of nitro groups is 1. The van der Waals surface area contributed by atoms with E-state index < -0.39 is 42.9 Å². The van der Waals surface area contributed by atoms with Gasteiger partial charge < -0.3 is 34.5 Å². The predicted molar refractivity (Wildman–Crippen MR) is 259 cm³/mol. The van der Waals surface area contributed by atoms with E-state index in [0.717, 1.165) is 63.0 Å². The molecule has 2 aliphatic carbocycles. The molecule has 2 saturated carbocycles. The van der Waals surface area contributed by atoms with Gasteiger partial charge in [-0.05, 0) is 105 Å². The number of piperidine rings is 1. The van der Waals surface area contributed by atoms with Crippen molar-refractivity contribution in [2.75, 3.05) is 50.1 Å². The molecule has 1 amide bonds. The number of H-pyrrole nitrogens is 1. The minimum Gasteiger partial charge on any atom is -0.489 e. The molecule has 366 valence electrons. The Bertz CT molecular complexity index is 2900. The van der Waals surface area contributed by atoms with Crippen LogP contribution in [0.1, 0.15) is 112 Å². The molecule has 10 rings (SSSR count). The molecule has 2 saturated heterocycles. The number of sulfonamides is 1. The summed E-state index contributed by atoms with van der Waals surface area (Å²) in [6, 6.07) is 17.5. The van der Waals surface area contributed by atoms with Crippen LogP contribution in [-0.4, -0.2) is 96.8 Å². The van der Waals surface area contributed by atoms with Gasteiger partial charge in [0.05, 0.1) is 39.5 Å². The number of benzene rings is 3. The Morgan fingerprint density at radius 2 is 1.78 bits per heavy atom. The van der Waals surface area contributed by atoms with Crippen LogP contribution in [0.3, 0.4) is 0 Å². The second-order valence-corrected chi connectivity index (χ2v) is 22.2. The molecule has 0 unspecified atom stereocenters. The number of likely N-dealkylation sites (tertiary alicyclic amines) is 1. The van der Waals surface area contributed by atoms with Gasteiger partial charge in [-0.15, -0.1) is 0 Å². The maximum Gasteiger partial charge on any atom is 0.297 e. The minimum absolute atomic E-state index is 0.00652. The van der Waals surface area contributed by atoms with Crippen LogP contribution in [0.4, 0.5) is 21.5 Å². The summed E-state index contributed by atoms with van der Waals surface area (Å²) in [4.78, 5) is 37.5. The fraction of sp³-hybridized carbons (Fsp3) is 0.490. The van der Waals surface area contributed by atoms with Crippen LogP contribution in [0.5, 0.6) is 23.1 Å². The Kier molecular flexibility index (Phi) is 12.2. The van der Waals surface area contributed by atoms with E-state index >= 15 is 0 Å². The third-order valence-corrected chi connectivity index (χ3v) is 16.9. The molecule has 0 radical (unpaired) electrons. The number of aromatic amines is 1. The van der Waals surface area contributed by atoms with Crippen molar-refractivity contribution in [3.05, 3.63) is 99.5 Å². The smallest absolute Gasteiger partial charge is 0.297 e. The summed E-state index contributed by atoms with van der Waals surface area (Å²) < 4.78 is 62.9. The number of carbonyl (C=O) groups excluding carboxylic acids is 1. The van der Waals surface area contributed by atoms with E-state index in [9.17, 15) is 32.8 Å². The molecular formula is C51H60FN7O9S. The summed E-state index contributed by atoms with van der Waals surface area (Å²) in [5, 5.41) is 26.2. The Balaban J connectivity index is 0.883. The topological polar surface area (TPSA) is 201 Å². The highest BCUT2D eigenvalue weighted by atomic mass is 32.2. The average molecular weight is 966 g/mol. The second-order valence-electron chi connectivity index (χ2n) is 20.5. The van der Waals surface area contributed by atoms with E-state index in [1.807, 2.05) is 0 Å². The number of anilines is 2. The number of aliphatic hydroxyl groups is 1. The van der Waals surface area contributed by atoms with E-state index in [1.165, 1.54) is 49.6 Å². The van der Waals surface area contributed by atoms with E-state index in [1.54, 1.807) is 19.1 Å². The molecule has 4 N–H and O–H groups in total. The van der Waals surface area contributed by atoms with Gasteiger partial charge in [0.15, 0.2) is 17.2 Å². The number of fused-ring (bicyclic) bond motifs is 2. The number of nitrogens with zero attached hydrogens (tertiary/aromatic N) is 4. The molecule has 1 spiro atoms. The third-order valence-electron chi connectivity index (χ3n) is 15.6. The maximum absolute atomic E-state index is 14.9. The number of halogens is 1. The van der Waals surface area contributed by atoms with Crippen molar-refractivity contribution in [3.8, 4) is 23.1 Å². The van der Waals surface area contributed by atoms with Crippen molar-refractivity contribution in [2.45, 2.75) is 113 Å². The van der Waals surface area contributed by atoms with Gasteiger partial charge in [-0.2, -0.15) is 4.98 Å². The number of rotatable bonds is 12. The Morgan fingerprint density at radius 1 is 1.03 bits per heavy atom. The van der Waals surface area contributed by atoms with Crippen LogP contribution in [0, 0.1) is 27.3 Å². The first kappa shape index (κ1) is 46.7. The van der Waals surface area contributed by atoms with E-state index in [2.05, 4.69) is 67.9 Å². The van der Waals surface area contributed by atoms with Crippen molar-refractivity contribution in [2.24, 2.45) is 11.3 Å². The highest BCUT2D eigenvalue weighted by Crippen LogP contribution is 2.50. The molecule has 69 heavy (non-hydrogen) atoms. The fourth-order valence-corrected chi connectivity index (χ4v) is 12.7. The number of aromatic nitrogens is 2. The van der Waals surface area contributed by atoms with Gasteiger partial charge in [0.2, 0.25) is 0 Å². The molecule has 3 aromatic carbocycles. The molecule has 5 aromatic rings. The highest BCUT2D eigenvalue weighted by Gasteiger charge is 2.49. The molecule has 3 aliphatic heterocycles. The van der Waals surface area contributed by atoms with Crippen LogP contribution >= 0.6 is 0 Å². The molecule has 18 heteroatoms. The number of methoxy groups -OCH3 is 1. The number of nitrogens with one attached hydrogen (secondary N) is 3. The standard InChI is InChI=1S/C51H60FN7O9S/c1-30(2)34-8-5-6-9-35(34)36-10-7-11-41(36)58-28-51(29-58)18-20-57(21-19-51)32-12-13-37(43(22-32)68-45-25-38-39(52)26-53-47(38)55-49(45)66-4)48(60)56-69(64,65)33-23-42(59(62)63)46-44(24-33)67-27-40(54-46)31-14-16-50(3,61)17-15-31/h5-6,8-9,12-13,22-26,30-31,36,40-41,54,61H,7,10-11,14-21,27-29H2,1-4H3,(H,53,55)(H,56,60)/t31-,36-,40+,41-,50-/m0/s1. The van der Waals surface area contributed by atoms with Gasteiger partial charge in [-0.3, -0.25) is 19.8 Å². The minimum atomic E-state index is -4.75. The maximum atomic E-state index is 14.9. The first-order valence-corrected chi connectivity index (χ1v) is 25.6. The zero-order chi connectivity index (χ0) is 48.4. The zero-order valence-corrected chi connectivity index (χ0v) is 40.2. The van der Waals surface area contributed by atoms with E-state index in [4.69, 9.17) is 14.2 Å². The van der Waals surface area contributed by atoms with Crippen LogP contribution in [-0.2, 0) is 10.0 Å². The van der Waals surface area contributed by atoms with Crippen molar-refractivity contribution < 1.29 is 41.8 Å². The molecule has 0 bridgehead atoms. The lowest BCUT2D eigenvalue weighted by Crippen LogP contribution is -2.63. The highest BCUT2D eigenvalue weighted by molar-refractivity contribution is 7.90. The van der Waals surface area contributed by atoms with E-state index in [0.29, 0.717) is 43.6 Å². The monoisotopic (exact) mass is 965 g/mol. The summed E-state index contributed by atoms with van der Waals surface area (Å²) in [5.74, 6) is -0.662. The van der Waals surface area contributed by atoms with Gasteiger partial charge >= 0.3 is 0 Å². The zero-order valence-electron chi connectivity index (χ0n) is 39.4. The number of pyridine rings is 1. The lowest BCUT2D eigenvalue weighted by molar-refractivity contribution is -0.384. The fourth-order valence-electron chi connectivity index (χ4n) is 11.7. The molecule has 5 heterocycles. The Morgan fingerprint density at radius 3 is 2.51 bits per heavy atom. The number of hydrogen-bond acceptors (Lipinski definition) is 13. The Hall–Kier alpha value is -5.98. The van der Waals surface area contributed by atoms with Gasteiger partial charge in [-0.1, -0.05) is 44.5 Å². The quantitative estimate of drug-likeness (QED) is 0.0682. The number of ether oxygens (including phenoxy) is 3. The van der Waals surface area contributed by atoms with Crippen LogP contribution in [0.2, 0.25) is 0 Å². The first-order valence-electron chi connectivity index (χ1n) is 24.1. The molecule has 4 fully saturated rings. The first-order chi connectivity index (χ1) is 33.0. The van der Waals surface area contributed by atoms with Gasteiger partial charge in [0.1, 0.15) is 23.8 Å².